The molecule has 7 heteroatoms. The maximum absolute atomic E-state index is 13.7. The average Bonchev–Trinajstić information content (AvgIpc) is 3.39. The Bertz CT molecular complexity index is 1200. The van der Waals surface area contributed by atoms with Gasteiger partial charge in [-0.2, -0.15) is 0 Å². The van der Waals surface area contributed by atoms with Crippen LogP contribution < -0.4 is 14.8 Å². The second kappa shape index (κ2) is 12.4. The normalized spacial score (nSPS) is 13.6. The van der Waals surface area contributed by atoms with Gasteiger partial charge in [0.2, 0.25) is 18.6 Å². The lowest BCUT2D eigenvalue weighted by Gasteiger charge is -2.32. The van der Waals surface area contributed by atoms with Crippen LogP contribution in [-0.4, -0.2) is 35.6 Å². The lowest BCUT2D eigenvalue weighted by atomic mass is 10.0. The highest BCUT2D eigenvalue weighted by Gasteiger charge is 2.31. The van der Waals surface area contributed by atoms with Crippen LogP contribution in [0.15, 0.2) is 72.8 Å². The number of benzene rings is 3. The summed E-state index contributed by atoms with van der Waals surface area (Å²) in [5.41, 5.74) is 2.66. The zero-order valence-electron chi connectivity index (χ0n) is 21.3. The molecule has 194 valence electrons. The molecular formula is C30H33FN2O4. The van der Waals surface area contributed by atoms with Gasteiger partial charge in [0.1, 0.15) is 11.9 Å². The highest BCUT2D eigenvalue weighted by atomic mass is 19.1. The van der Waals surface area contributed by atoms with E-state index < -0.39 is 6.04 Å². The van der Waals surface area contributed by atoms with E-state index in [9.17, 15) is 14.0 Å². The molecule has 0 bridgehead atoms. The molecule has 0 fully saturated rings. The highest BCUT2D eigenvalue weighted by molar-refractivity contribution is 5.88. The van der Waals surface area contributed by atoms with Gasteiger partial charge in [-0.15, -0.1) is 0 Å². The number of carbonyl (C=O) groups excluding carboxylic acids is 2. The molecule has 1 N–H and O–H groups in total. The molecule has 1 heterocycles. The number of hydrogen-bond acceptors (Lipinski definition) is 4. The summed E-state index contributed by atoms with van der Waals surface area (Å²) in [7, 11) is 0. The van der Waals surface area contributed by atoms with Crippen LogP contribution in [0, 0.1) is 5.82 Å². The van der Waals surface area contributed by atoms with Crippen molar-refractivity contribution >= 4 is 11.8 Å². The van der Waals surface area contributed by atoms with Gasteiger partial charge in [0.05, 0.1) is 0 Å². The zero-order valence-corrected chi connectivity index (χ0v) is 21.3. The topological polar surface area (TPSA) is 67.9 Å². The smallest absolute Gasteiger partial charge is 0.243 e. The van der Waals surface area contributed by atoms with Crippen LogP contribution in [0.1, 0.15) is 43.4 Å². The van der Waals surface area contributed by atoms with Crippen LogP contribution >= 0.6 is 0 Å². The van der Waals surface area contributed by atoms with E-state index in [1.807, 2.05) is 62.4 Å². The van der Waals surface area contributed by atoms with E-state index in [4.69, 9.17) is 9.47 Å². The zero-order chi connectivity index (χ0) is 26.2. The van der Waals surface area contributed by atoms with E-state index in [1.165, 1.54) is 12.1 Å². The van der Waals surface area contributed by atoms with Gasteiger partial charge >= 0.3 is 0 Å². The number of nitrogens with zero attached hydrogens (tertiary/aromatic N) is 1. The lowest BCUT2D eigenvalue weighted by molar-refractivity contribution is -0.141. The van der Waals surface area contributed by atoms with Crippen LogP contribution in [0.2, 0.25) is 0 Å². The summed E-state index contributed by atoms with van der Waals surface area (Å²) in [5.74, 6) is 0.666. The van der Waals surface area contributed by atoms with Crippen LogP contribution in [0.25, 0.3) is 0 Å². The van der Waals surface area contributed by atoms with Gasteiger partial charge < -0.3 is 19.7 Å². The van der Waals surface area contributed by atoms with Gasteiger partial charge in [-0.05, 0) is 60.7 Å². The van der Waals surface area contributed by atoms with E-state index in [-0.39, 0.29) is 43.4 Å². The summed E-state index contributed by atoms with van der Waals surface area (Å²) in [5, 5.41) is 3.06. The van der Waals surface area contributed by atoms with E-state index >= 15 is 0 Å². The predicted molar refractivity (Wildman–Crippen MR) is 140 cm³/mol. The Morgan fingerprint density at radius 3 is 2.38 bits per heavy atom. The van der Waals surface area contributed by atoms with Crippen LogP contribution in [0.4, 0.5) is 4.39 Å². The summed E-state index contributed by atoms with van der Waals surface area (Å²) >= 11 is 0. The minimum Gasteiger partial charge on any atom is -0.454 e. The number of ether oxygens (including phenoxy) is 2. The number of aryl methyl sites for hydroxylation is 1. The van der Waals surface area contributed by atoms with Crippen molar-refractivity contribution in [1.29, 1.82) is 0 Å². The summed E-state index contributed by atoms with van der Waals surface area (Å²) in [6.45, 7) is 4.34. The Balaban J connectivity index is 1.59. The van der Waals surface area contributed by atoms with Crippen molar-refractivity contribution in [2.24, 2.45) is 0 Å². The maximum atomic E-state index is 13.7. The second-order valence-electron chi connectivity index (χ2n) is 9.36. The van der Waals surface area contributed by atoms with Crippen LogP contribution in [0.3, 0.4) is 0 Å². The molecule has 0 saturated heterocycles. The molecular weight excluding hydrogens is 471 g/mol. The Labute approximate surface area is 217 Å². The first kappa shape index (κ1) is 26.2. The summed E-state index contributed by atoms with van der Waals surface area (Å²) in [6.07, 6.45) is 1.85. The number of hydrogen-bond donors (Lipinski definition) is 1. The van der Waals surface area contributed by atoms with Gasteiger partial charge in [-0.1, -0.05) is 55.5 Å². The predicted octanol–water partition coefficient (Wildman–Crippen LogP) is 5.04. The quantitative estimate of drug-likeness (QED) is 0.397. The molecule has 1 aliphatic heterocycles. The molecule has 0 unspecified atom stereocenters. The van der Waals surface area contributed by atoms with Crippen LogP contribution in [-0.2, 0) is 29.0 Å². The first-order valence-corrected chi connectivity index (χ1v) is 12.7. The molecule has 0 radical (unpaired) electrons. The molecule has 1 aliphatic rings. The summed E-state index contributed by atoms with van der Waals surface area (Å²) < 4.78 is 24.4. The van der Waals surface area contributed by atoms with E-state index in [0.29, 0.717) is 24.3 Å². The first-order valence-electron chi connectivity index (χ1n) is 12.7. The van der Waals surface area contributed by atoms with Crippen molar-refractivity contribution in [2.75, 3.05) is 6.79 Å². The molecule has 0 aliphatic carbocycles. The van der Waals surface area contributed by atoms with Gasteiger partial charge in [0.15, 0.2) is 11.5 Å². The number of carbonyl (C=O) groups is 2. The van der Waals surface area contributed by atoms with Crippen molar-refractivity contribution in [3.05, 3.63) is 95.3 Å². The molecule has 0 aromatic heterocycles. The second-order valence-corrected chi connectivity index (χ2v) is 9.36. The van der Waals surface area contributed by atoms with E-state index in [0.717, 1.165) is 23.1 Å². The SMILES string of the molecule is CC[C@@H](C)NC(=O)[C@@H](Cc1ccccc1)N(Cc1ccc(F)cc1)C(=O)CCc1ccc2c(c1)OCO2. The molecule has 6 nitrogen and oxygen atoms in total. The van der Waals surface area contributed by atoms with Crippen molar-refractivity contribution in [2.45, 2.75) is 58.2 Å². The third kappa shape index (κ3) is 7.09. The fraction of sp³-hybridized carbons (Fsp3) is 0.333. The standard InChI is InChI=1S/C30H33FN2O4/c1-3-21(2)32-30(35)26(17-22-7-5-4-6-8-22)33(19-24-9-13-25(31)14-10-24)29(34)16-12-23-11-15-27-28(18-23)37-20-36-27/h4-11,13-15,18,21,26H,3,12,16-17,19-20H2,1-2H3,(H,32,35)/t21-,26-/m1/s1. The fourth-order valence-electron chi connectivity index (χ4n) is 4.27. The number of halogens is 1. The molecule has 37 heavy (non-hydrogen) atoms. The van der Waals surface area contributed by atoms with Gasteiger partial charge in [-0.3, -0.25) is 9.59 Å². The lowest BCUT2D eigenvalue weighted by Crippen LogP contribution is -2.52. The molecule has 0 spiro atoms. The first-order chi connectivity index (χ1) is 17.9. The molecule has 0 saturated carbocycles. The number of rotatable bonds is 11. The fourth-order valence-corrected chi connectivity index (χ4v) is 4.27. The third-order valence-corrected chi connectivity index (χ3v) is 6.60. The Hall–Kier alpha value is -3.87. The van der Waals surface area contributed by atoms with Crippen molar-refractivity contribution in [1.82, 2.24) is 10.2 Å². The third-order valence-electron chi connectivity index (χ3n) is 6.60. The Kier molecular flexibility index (Phi) is 8.77. The van der Waals surface area contributed by atoms with Gasteiger partial charge in [-0.25, -0.2) is 4.39 Å². The van der Waals surface area contributed by atoms with Crippen molar-refractivity contribution in [3.63, 3.8) is 0 Å². The summed E-state index contributed by atoms with van der Waals surface area (Å²) in [4.78, 5) is 28.9. The van der Waals surface area contributed by atoms with E-state index in [2.05, 4.69) is 5.32 Å². The molecule has 2 atom stereocenters. The minimum absolute atomic E-state index is 0.0258. The highest BCUT2D eigenvalue weighted by Crippen LogP contribution is 2.33. The summed E-state index contributed by atoms with van der Waals surface area (Å²) in [6, 6.07) is 20.6. The molecule has 3 aromatic carbocycles. The van der Waals surface area contributed by atoms with Crippen molar-refractivity contribution < 1.29 is 23.5 Å². The number of nitrogens with one attached hydrogen (secondary N) is 1. The maximum Gasteiger partial charge on any atom is 0.243 e. The molecule has 3 aromatic rings. The number of amides is 2. The average molecular weight is 505 g/mol. The van der Waals surface area contributed by atoms with Crippen LogP contribution in [0.5, 0.6) is 11.5 Å². The Morgan fingerprint density at radius 1 is 0.946 bits per heavy atom. The molecule has 2 amide bonds. The van der Waals surface area contributed by atoms with Gasteiger partial charge in [0.25, 0.3) is 0 Å². The number of fused-ring (bicyclic) bond motifs is 1. The molecule has 4 rings (SSSR count). The van der Waals surface area contributed by atoms with E-state index in [1.54, 1.807) is 17.0 Å². The van der Waals surface area contributed by atoms with Gasteiger partial charge in [0, 0.05) is 25.4 Å². The Morgan fingerprint density at radius 2 is 1.65 bits per heavy atom. The minimum atomic E-state index is -0.717. The largest absolute Gasteiger partial charge is 0.454 e. The van der Waals surface area contributed by atoms with Crippen molar-refractivity contribution in [3.8, 4) is 11.5 Å². The monoisotopic (exact) mass is 504 g/mol.